The molecule has 2 atom stereocenters. The number of para-hydroxylation sites is 1. The second-order valence-electron chi connectivity index (χ2n) is 9.39. The number of halogens is 1. The maximum Gasteiger partial charge on any atom is 0.254 e. The number of hydrogen-bond donors (Lipinski definition) is 1. The number of carbonyl (C=O) groups excluding carboxylic acids is 2. The van der Waals surface area contributed by atoms with Crippen molar-refractivity contribution in [2.24, 2.45) is 7.05 Å². The van der Waals surface area contributed by atoms with Crippen LogP contribution in [0.25, 0.3) is 10.9 Å². The van der Waals surface area contributed by atoms with Crippen LogP contribution in [0, 0.1) is 0 Å². The lowest BCUT2D eigenvalue weighted by molar-refractivity contribution is -0.119. The highest BCUT2D eigenvalue weighted by atomic mass is 35.5. The van der Waals surface area contributed by atoms with Crippen LogP contribution in [0.5, 0.6) is 11.5 Å². The van der Waals surface area contributed by atoms with E-state index in [4.69, 9.17) is 25.8 Å². The van der Waals surface area contributed by atoms with Crippen molar-refractivity contribution < 1.29 is 23.8 Å². The fourth-order valence-corrected chi connectivity index (χ4v) is 5.67. The largest absolute Gasteiger partial charge is 0.495 e. The van der Waals surface area contributed by atoms with Gasteiger partial charge in [-0.3, -0.25) is 9.59 Å². The molecule has 1 N–H and O–H groups in total. The number of ether oxygens (including phenoxy) is 3. The molecule has 5 rings (SSSR count). The average Bonchev–Trinajstić information content (AvgIpc) is 3.28. The maximum absolute atomic E-state index is 14.3. The Morgan fingerprint density at radius 2 is 1.69 bits per heavy atom. The fraction of sp³-hybridized carbons (Fsp3) is 0.267. The predicted octanol–water partition coefficient (Wildman–Crippen LogP) is 5.41. The molecule has 0 radical (unpaired) electrons. The number of nitrogens with one attached hydrogen (secondary N) is 1. The fourth-order valence-electron chi connectivity index (χ4n) is 5.43. The molecule has 9 heteroatoms. The van der Waals surface area contributed by atoms with Crippen molar-refractivity contribution in [3.63, 3.8) is 0 Å². The Hall–Kier alpha value is -4.01. The van der Waals surface area contributed by atoms with Crippen LogP contribution in [0.15, 0.2) is 66.9 Å². The molecule has 0 saturated heterocycles. The summed E-state index contributed by atoms with van der Waals surface area (Å²) in [7, 11) is 6.58. The number of anilines is 1. The number of hydrogen-bond acceptors (Lipinski definition) is 5. The second kappa shape index (κ2) is 11.0. The normalized spacial score (nSPS) is 16.7. The minimum Gasteiger partial charge on any atom is -0.495 e. The van der Waals surface area contributed by atoms with Gasteiger partial charge in [-0.05, 0) is 23.8 Å². The highest BCUT2D eigenvalue weighted by Gasteiger charge is 2.45. The molecule has 3 aromatic carbocycles. The van der Waals surface area contributed by atoms with E-state index in [1.54, 1.807) is 30.2 Å². The van der Waals surface area contributed by atoms with Crippen LogP contribution in [0.4, 0.5) is 5.69 Å². The molecule has 1 aliphatic rings. The average molecular weight is 548 g/mol. The molecule has 0 saturated carbocycles. The van der Waals surface area contributed by atoms with Crippen molar-refractivity contribution in [1.82, 2.24) is 9.47 Å². The van der Waals surface area contributed by atoms with Crippen LogP contribution < -0.4 is 14.8 Å². The standard InChI is InChI=1S/C30H30ClN3O5/c1-33-17-21(18-9-7-8-12-24(18)33)28-27(19-10-5-6-11-20(19)30(36)34(28)13-14-37-2)29(35)32-23-15-22(31)25(38-3)16-26(23)39-4/h5-12,15-17,27-28H,13-14H2,1-4H3,(H,32,35)/t27-,28+/m0/s1. The molecule has 4 aromatic rings. The van der Waals surface area contributed by atoms with Crippen molar-refractivity contribution in [3.05, 3.63) is 88.6 Å². The molecule has 8 nitrogen and oxygen atoms in total. The Morgan fingerprint density at radius 1 is 0.974 bits per heavy atom. The van der Waals surface area contributed by atoms with Crippen molar-refractivity contribution in [2.75, 3.05) is 39.8 Å². The van der Waals surface area contributed by atoms with E-state index >= 15 is 0 Å². The monoisotopic (exact) mass is 547 g/mol. The third-order valence-corrected chi connectivity index (χ3v) is 7.53. The SMILES string of the molecule is COCCN1C(=O)c2ccccc2[C@H](C(=O)Nc2cc(Cl)c(OC)cc2OC)[C@H]1c1cn(C)c2ccccc12. The van der Waals surface area contributed by atoms with E-state index in [0.717, 1.165) is 16.5 Å². The van der Waals surface area contributed by atoms with Crippen LogP contribution >= 0.6 is 11.6 Å². The van der Waals surface area contributed by atoms with Gasteiger partial charge in [0.25, 0.3) is 5.91 Å². The molecule has 2 amide bonds. The Bertz CT molecular complexity index is 1550. The topological polar surface area (TPSA) is 82.0 Å². The molecule has 0 spiro atoms. The van der Waals surface area contributed by atoms with Crippen LogP contribution in [0.2, 0.25) is 5.02 Å². The molecular weight excluding hydrogens is 518 g/mol. The zero-order valence-corrected chi connectivity index (χ0v) is 23.0. The molecule has 39 heavy (non-hydrogen) atoms. The van der Waals surface area contributed by atoms with Gasteiger partial charge in [-0.25, -0.2) is 0 Å². The summed E-state index contributed by atoms with van der Waals surface area (Å²) in [4.78, 5) is 29.9. The number of rotatable bonds is 8. The number of benzene rings is 3. The molecule has 202 valence electrons. The lowest BCUT2D eigenvalue weighted by atomic mass is 9.79. The van der Waals surface area contributed by atoms with Crippen LogP contribution in [0.3, 0.4) is 0 Å². The second-order valence-corrected chi connectivity index (χ2v) is 9.80. The van der Waals surface area contributed by atoms with E-state index in [0.29, 0.717) is 46.5 Å². The quantitative estimate of drug-likeness (QED) is 0.319. The van der Waals surface area contributed by atoms with Gasteiger partial charge in [0.05, 0.1) is 43.5 Å². The minimum absolute atomic E-state index is 0.144. The van der Waals surface area contributed by atoms with E-state index in [1.165, 1.54) is 14.2 Å². The summed E-state index contributed by atoms with van der Waals surface area (Å²) in [5, 5.41) is 4.34. The van der Waals surface area contributed by atoms with Gasteiger partial charge in [0.2, 0.25) is 5.91 Å². The van der Waals surface area contributed by atoms with Gasteiger partial charge in [-0.1, -0.05) is 48.0 Å². The third kappa shape index (κ3) is 4.70. The summed E-state index contributed by atoms with van der Waals surface area (Å²) in [6.07, 6.45) is 2.00. The Balaban J connectivity index is 1.69. The van der Waals surface area contributed by atoms with Crippen LogP contribution in [-0.2, 0) is 16.6 Å². The molecule has 1 aliphatic heterocycles. The maximum atomic E-state index is 14.3. The zero-order valence-electron chi connectivity index (χ0n) is 22.2. The van der Waals surface area contributed by atoms with Crippen LogP contribution in [0.1, 0.15) is 33.4 Å². The van der Waals surface area contributed by atoms with E-state index in [2.05, 4.69) is 5.32 Å². The molecule has 2 heterocycles. The van der Waals surface area contributed by atoms with Crippen molar-refractivity contribution in [3.8, 4) is 11.5 Å². The number of aryl methyl sites for hydroxylation is 1. The number of carbonyl (C=O) groups is 2. The molecule has 0 fully saturated rings. The number of nitrogens with zero attached hydrogens (tertiary/aromatic N) is 2. The number of fused-ring (bicyclic) bond motifs is 2. The lowest BCUT2D eigenvalue weighted by Gasteiger charge is -2.41. The number of amides is 2. The zero-order chi connectivity index (χ0) is 27.7. The van der Waals surface area contributed by atoms with E-state index in [9.17, 15) is 9.59 Å². The molecule has 0 aliphatic carbocycles. The summed E-state index contributed by atoms with van der Waals surface area (Å²) in [5.41, 5.74) is 3.44. The summed E-state index contributed by atoms with van der Waals surface area (Å²) >= 11 is 6.40. The van der Waals surface area contributed by atoms with Gasteiger partial charge in [-0.15, -0.1) is 0 Å². The molecule has 1 aromatic heterocycles. The first-order chi connectivity index (χ1) is 18.9. The first-order valence-corrected chi connectivity index (χ1v) is 12.9. The Morgan fingerprint density at radius 3 is 2.44 bits per heavy atom. The highest BCUT2D eigenvalue weighted by molar-refractivity contribution is 6.32. The van der Waals surface area contributed by atoms with Crippen molar-refractivity contribution >= 4 is 40.0 Å². The van der Waals surface area contributed by atoms with Gasteiger partial charge in [0.1, 0.15) is 11.5 Å². The predicted molar refractivity (Wildman–Crippen MR) is 151 cm³/mol. The Kier molecular flexibility index (Phi) is 7.50. The van der Waals surface area contributed by atoms with Crippen LogP contribution in [-0.4, -0.2) is 55.8 Å². The van der Waals surface area contributed by atoms with Gasteiger partial charge in [-0.2, -0.15) is 0 Å². The first kappa shape index (κ1) is 26.6. The van der Waals surface area contributed by atoms with Gasteiger partial charge in [0, 0.05) is 55.0 Å². The minimum atomic E-state index is -0.729. The number of methoxy groups -OCH3 is 3. The van der Waals surface area contributed by atoms with Crippen molar-refractivity contribution in [1.29, 1.82) is 0 Å². The van der Waals surface area contributed by atoms with E-state index in [-0.39, 0.29) is 11.8 Å². The molecule has 0 unspecified atom stereocenters. The first-order valence-electron chi connectivity index (χ1n) is 12.5. The summed E-state index contributed by atoms with van der Waals surface area (Å²) in [6.45, 7) is 0.643. The third-order valence-electron chi connectivity index (χ3n) is 7.24. The van der Waals surface area contributed by atoms with E-state index in [1.807, 2.05) is 60.3 Å². The highest BCUT2D eigenvalue weighted by Crippen LogP contribution is 2.46. The lowest BCUT2D eigenvalue weighted by Crippen LogP contribution is -2.47. The summed E-state index contributed by atoms with van der Waals surface area (Å²) in [5.74, 6) is -0.334. The summed E-state index contributed by atoms with van der Waals surface area (Å²) in [6, 6.07) is 17.9. The van der Waals surface area contributed by atoms with Gasteiger partial charge < -0.3 is 29.0 Å². The van der Waals surface area contributed by atoms with Gasteiger partial charge in [0.15, 0.2) is 0 Å². The molecule has 0 bridgehead atoms. The van der Waals surface area contributed by atoms with Gasteiger partial charge >= 0.3 is 0 Å². The molecular formula is C30H30ClN3O5. The Labute approximate surface area is 232 Å². The van der Waals surface area contributed by atoms with E-state index < -0.39 is 12.0 Å². The van der Waals surface area contributed by atoms with Crippen molar-refractivity contribution in [2.45, 2.75) is 12.0 Å². The summed E-state index contributed by atoms with van der Waals surface area (Å²) < 4.78 is 18.2. The smallest absolute Gasteiger partial charge is 0.254 e. The number of aromatic nitrogens is 1.